The van der Waals surface area contributed by atoms with Gasteiger partial charge in [0, 0.05) is 26.1 Å². The molecule has 0 aromatic heterocycles. The quantitative estimate of drug-likeness (QED) is 0.680. The number of urea groups is 1. The first-order valence-electron chi connectivity index (χ1n) is 6.99. The molecule has 0 unspecified atom stereocenters. The lowest BCUT2D eigenvalue weighted by molar-refractivity contribution is -0.120. The predicted octanol–water partition coefficient (Wildman–Crippen LogP) is 0.173. The van der Waals surface area contributed by atoms with Gasteiger partial charge < -0.3 is 5.32 Å². The molecule has 0 fully saturated rings. The van der Waals surface area contributed by atoms with Crippen LogP contribution in [0.4, 0.5) is 4.79 Å². The number of sulfonamides is 1. The minimum absolute atomic E-state index is 0.0302. The molecule has 3 amide bonds. The van der Waals surface area contributed by atoms with Crippen LogP contribution in [0.25, 0.3) is 0 Å². The van der Waals surface area contributed by atoms with Gasteiger partial charge in [0.1, 0.15) is 0 Å². The number of carbonyl (C=O) groups excluding carboxylic acids is 2. The van der Waals surface area contributed by atoms with E-state index in [-0.39, 0.29) is 23.3 Å². The smallest absolute Gasteiger partial charge is 0.321 e. The van der Waals surface area contributed by atoms with Crippen molar-refractivity contribution in [2.24, 2.45) is 5.14 Å². The number of hydrogen-bond donors (Lipinski definition) is 3. The van der Waals surface area contributed by atoms with Crippen LogP contribution < -0.4 is 15.8 Å². The fraction of sp³-hybridized carbons (Fsp3) is 0.429. The second-order valence-electron chi connectivity index (χ2n) is 5.15. The van der Waals surface area contributed by atoms with Gasteiger partial charge in [-0.15, -0.1) is 0 Å². The fourth-order valence-electron chi connectivity index (χ4n) is 1.91. The summed E-state index contributed by atoms with van der Waals surface area (Å²) in [6.45, 7) is 2.38. The van der Waals surface area contributed by atoms with Crippen molar-refractivity contribution < 1.29 is 18.0 Å². The molecule has 9 heteroatoms. The zero-order valence-corrected chi connectivity index (χ0v) is 14.2. The molecule has 23 heavy (non-hydrogen) atoms. The normalized spacial score (nSPS) is 12.7. The SMILES string of the molecule is CNC(=O)NC(=O)CCN(C)[C@H](C)c1ccc(S(N)(=O)=O)cc1. The minimum Gasteiger partial charge on any atom is -0.341 e. The van der Waals surface area contributed by atoms with Crippen molar-refractivity contribution >= 4 is 22.0 Å². The van der Waals surface area contributed by atoms with Crippen molar-refractivity contribution in [1.82, 2.24) is 15.5 Å². The third kappa shape index (κ3) is 5.97. The second kappa shape index (κ2) is 8.04. The molecule has 1 aromatic carbocycles. The lowest BCUT2D eigenvalue weighted by Crippen LogP contribution is -2.39. The van der Waals surface area contributed by atoms with E-state index in [0.717, 1.165) is 5.56 Å². The molecule has 8 nitrogen and oxygen atoms in total. The molecule has 0 saturated carbocycles. The topological polar surface area (TPSA) is 122 Å². The highest BCUT2D eigenvalue weighted by Crippen LogP contribution is 2.20. The largest absolute Gasteiger partial charge is 0.341 e. The lowest BCUT2D eigenvalue weighted by Gasteiger charge is -2.24. The number of nitrogens with two attached hydrogens (primary N) is 1. The van der Waals surface area contributed by atoms with Crippen LogP contribution in [0, 0.1) is 0 Å². The first kappa shape index (κ1) is 19.1. The maximum absolute atomic E-state index is 11.6. The molecule has 0 bridgehead atoms. The average molecular weight is 342 g/mol. The van der Waals surface area contributed by atoms with Gasteiger partial charge in [-0.3, -0.25) is 15.0 Å². The van der Waals surface area contributed by atoms with E-state index >= 15 is 0 Å². The summed E-state index contributed by atoms with van der Waals surface area (Å²) in [4.78, 5) is 24.6. The summed E-state index contributed by atoms with van der Waals surface area (Å²) in [7, 11) is -0.434. The Hall–Kier alpha value is -1.97. The van der Waals surface area contributed by atoms with Crippen LogP contribution in [-0.4, -0.2) is 45.9 Å². The highest BCUT2D eigenvalue weighted by molar-refractivity contribution is 7.89. The number of benzene rings is 1. The molecule has 1 atom stereocenters. The third-order valence-electron chi connectivity index (χ3n) is 3.52. The maximum atomic E-state index is 11.6. The number of primary sulfonamides is 1. The van der Waals surface area contributed by atoms with Crippen LogP contribution in [0.1, 0.15) is 24.9 Å². The number of nitrogens with zero attached hydrogens (tertiary/aromatic N) is 1. The molecule has 0 spiro atoms. The molecule has 0 radical (unpaired) electrons. The number of nitrogens with one attached hydrogen (secondary N) is 2. The van der Waals surface area contributed by atoms with Gasteiger partial charge in [0.2, 0.25) is 15.9 Å². The molecule has 1 aromatic rings. The zero-order valence-electron chi connectivity index (χ0n) is 13.4. The van der Waals surface area contributed by atoms with Crippen molar-refractivity contribution in [3.63, 3.8) is 0 Å². The second-order valence-corrected chi connectivity index (χ2v) is 6.71. The molecule has 0 aliphatic heterocycles. The Labute approximate surface area is 136 Å². The number of hydrogen-bond acceptors (Lipinski definition) is 5. The van der Waals surface area contributed by atoms with Gasteiger partial charge in [0.05, 0.1) is 4.90 Å². The molecule has 0 heterocycles. The Morgan fingerprint density at radius 3 is 2.30 bits per heavy atom. The molecule has 4 N–H and O–H groups in total. The summed E-state index contributed by atoms with van der Waals surface area (Å²) in [5, 5.41) is 9.56. The first-order valence-corrected chi connectivity index (χ1v) is 8.54. The van der Waals surface area contributed by atoms with E-state index in [1.807, 2.05) is 18.9 Å². The Morgan fingerprint density at radius 1 is 1.26 bits per heavy atom. The molecular weight excluding hydrogens is 320 g/mol. The van der Waals surface area contributed by atoms with Crippen molar-refractivity contribution in [3.05, 3.63) is 29.8 Å². The van der Waals surface area contributed by atoms with Crippen LogP contribution in [0.15, 0.2) is 29.2 Å². The summed E-state index contributed by atoms with van der Waals surface area (Å²) >= 11 is 0. The van der Waals surface area contributed by atoms with E-state index in [0.29, 0.717) is 6.54 Å². The van der Waals surface area contributed by atoms with Gasteiger partial charge >= 0.3 is 6.03 Å². The van der Waals surface area contributed by atoms with Crippen LogP contribution in [0.5, 0.6) is 0 Å². The van der Waals surface area contributed by atoms with Gasteiger partial charge in [0.15, 0.2) is 0 Å². The van der Waals surface area contributed by atoms with Crippen LogP contribution in [0.2, 0.25) is 0 Å². The van der Waals surface area contributed by atoms with Gasteiger partial charge in [-0.25, -0.2) is 18.4 Å². The average Bonchev–Trinajstić information content (AvgIpc) is 2.51. The van der Waals surface area contributed by atoms with Crippen molar-refractivity contribution in [1.29, 1.82) is 0 Å². The Balaban J connectivity index is 2.61. The van der Waals surface area contributed by atoms with Gasteiger partial charge in [-0.1, -0.05) is 12.1 Å². The molecular formula is C14H22N4O4S. The molecule has 1 rings (SSSR count). The van der Waals surface area contributed by atoms with Crippen molar-refractivity contribution in [2.75, 3.05) is 20.6 Å². The van der Waals surface area contributed by atoms with E-state index in [9.17, 15) is 18.0 Å². The summed E-state index contributed by atoms with van der Waals surface area (Å²) in [6.07, 6.45) is 0.170. The fourth-order valence-corrected chi connectivity index (χ4v) is 2.43. The predicted molar refractivity (Wildman–Crippen MR) is 86.1 cm³/mol. The zero-order chi connectivity index (χ0) is 17.6. The van der Waals surface area contributed by atoms with Crippen LogP contribution in [0.3, 0.4) is 0 Å². The monoisotopic (exact) mass is 342 g/mol. The highest BCUT2D eigenvalue weighted by atomic mass is 32.2. The highest BCUT2D eigenvalue weighted by Gasteiger charge is 2.15. The summed E-state index contributed by atoms with van der Waals surface area (Å²) in [5.41, 5.74) is 0.895. The molecule has 0 aliphatic carbocycles. The molecule has 0 saturated heterocycles. The van der Waals surface area contributed by atoms with E-state index < -0.39 is 16.1 Å². The summed E-state index contributed by atoms with van der Waals surface area (Å²) < 4.78 is 22.5. The lowest BCUT2D eigenvalue weighted by atomic mass is 10.1. The van der Waals surface area contributed by atoms with E-state index in [1.54, 1.807) is 12.1 Å². The Bertz CT molecular complexity index is 658. The van der Waals surface area contributed by atoms with Crippen LogP contribution >= 0.6 is 0 Å². The standard InChI is InChI=1S/C14H22N4O4S/c1-10(11-4-6-12(7-5-11)23(15,21)22)18(3)9-8-13(19)17-14(20)16-2/h4-7,10H,8-9H2,1-3H3,(H2,15,21,22)(H2,16,17,19,20)/t10-/m1/s1. The minimum atomic E-state index is -3.71. The summed E-state index contributed by atoms with van der Waals surface area (Å²) in [6, 6.07) is 5.71. The number of imide groups is 1. The number of amides is 3. The van der Waals surface area contributed by atoms with Crippen molar-refractivity contribution in [2.45, 2.75) is 24.3 Å². The van der Waals surface area contributed by atoms with E-state index in [1.165, 1.54) is 19.2 Å². The molecule has 0 aliphatic rings. The Kier molecular flexibility index (Phi) is 6.67. The molecule has 128 valence electrons. The van der Waals surface area contributed by atoms with E-state index in [2.05, 4.69) is 10.6 Å². The maximum Gasteiger partial charge on any atom is 0.321 e. The Morgan fingerprint density at radius 2 is 1.83 bits per heavy atom. The number of rotatable bonds is 6. The summed E-state index contributed by atoms with van der Waals surface area (Å²) in [5.74, 6) is -0.368. The van der Waals surface area contributed by atoms with Crippen LogP contribution in [-0.2, 0) is 14.8 Å². The third-order valence-corrected chi connectivity index (χ3v) is 4.45. The van der Waals surface area contributed by atoms with Crippen molar-refractivity contribution in [3.8, 4) is 0 Å². The van der Waals surface area contributed by atoms with Gasteiger partial charge in [-0.05, 0) is 31.7 Å². The number of carbonyl (C=O) groups is 2. The van der Waals surface area contributed by atoms with E-state index in [4.69, 9.17) is 5.14 Å². The van der Waals surface area contributed by atoms with Gasteiger partial charge in [0.25, 0.3) is 0 Å². The van der Waals surface area contributed by atoms with Gasteiger partial charge in [-0.2, -0.15) is 0 Å². The first-order chi connectivity index (χ1) is 10.6.